The number of quaternary nitrogens is 1. The molecule has 0 aromatic heterocycles. The van der Waals surface area contributed by atoms with Crippen molar-refractivity contribution in [2.75, 3.05) is 125 Å². The van der Waals surface area contributed by atoms with Crippen molar-refractivity contribution in [3.63, 3.8) is 0 Å². The molecule has 3 aromatic rings. The van der Waals surface area contributed by atoms with Gasteiger partial charge >= 0.3 is 19.8 Å². The van der Waals surface area contributed by atoms with Gasteiger partial charge in [-0.05, 0) is 55.0 Å². The van der Waals surface area contributed by atoms with E-state index in [1.807, 2.05) is 104 Å². The van der Waals surface area contributed by atoms with E-state index in [4.69, 9.17) is 18.5 Å². The molecular weight excluding hydrogens is 996 g/mol. The molecule has 430 valence electrons. The number of benzene rings is 3. The van der Waals surface area contributed by atoms with Gasteiger partial charge in [0.05, 0.1) is 53.9 Å². The third-order valence-corrected chi connectivity index (χ3v) is 14.8. The van der Waals surface area contributed by atoms with Gasteiger partial charge in [0, 0.05) is 58.0 Å². The van der Waals surface area contributed by atoms with Gasteiger partial charge in [-0.15, -0.1) is 0 Å². The van der Waals surface area contributed by atoms with Crippen LogP contribution in [0.1, 0.15) is 126 Å². The van der Waals surface area contributed by atoms with Crippen molar-refractivity contribution in [3.05, 3.63) is 102 Å². The van der Waals surface area contributed by atoms with Crippen molar-refractivity contribution in [1.29, 1.82) is 0 Å². The minimum Gasteiger partial charge on any atom is -0.460 e. The zero-order valence-electron chi connectivity index (χ0n) is 47.4. The summed E-state index contributed by atoms with van der Waals surface area (Å²) in [5, 5.41) is 3.10. The highest BCUT2D eigenvalue weighted by Gasteiger charge is 2.24. The summed E-state index contributed by atoms with van der Waals surface area (Å²) in [6, 6.07) is 27.3. The van der Waals surface area contributed by atoms with Gasteiger partial charge in [0.2, 0.25) is 5.91 Å². The molecule has 77 heavy (non-hydrogen) atoms. The van der Waals surface area contributed by atoms with Gasteiger partial charge < -0.3 is 24.2 Å². The van der Waals surface area contributed by atoms with Crippen molar-refractivity contribution >= 4 is 37.1 Å². The predicted octanol–water partition coefficient (Wildman–Crippen LogP) is 9.55. The Morgan fingerprint density at radius 3 is 1.29 bits per heavy atom. The lowest BCUT2D eigenvalue weighted by Gasteiger charge is -2.33. The van der Waals surface area contributed by atoms with Crippen LogP contribution in [0.3, 0.4) is 0 Å². The van der Waals surface area contributed by atoms with Gasteiger partial charge in [-0.3, -0.25) is 47.8 Å². The molecule has 0 radical (unpaired) electrons. The summed E-state index contributed by atoms with van der Waals surface area (Å²) in [4.78, 5) is 70.4. The number of carbonyl (C=O) groups excluding carboxylic acids is 4. The van der Waals surface area contributed by atoms with E-state index in [2.05, 4.69) is 27.2 Å². The summed E-state index contributed by atoms with van der Waals surface area (Å²) < 4.78 is 34.1. The second kappa shape index (κ2) is 38.3. The van der Waals surface area contributed by atoms with Gasteiger partial charge in [0.1, 0.15) is 32.1 Å². The Morgan fingerprint density at radius 2 is 0.870 bits per heavy atom. The molecular formula is C60H96N6O10P+. The van der Waals surface area contributed by atoms with Crippen LogP contribution in [-0.4, -0.2) is 172 Å². The Kier molecular flexibility index (Phi) is 32.4. The van der Waals surface area contributed by atoms with E-state index in [-0.39, 0.29) is 76.2 Å². The second-order valence-electron chi connectivity index (χ2n) is 21.9. The van der Waals surface area contributed by atoms with Crippen LogP contribution in [0.25, 0.3) is 0 Å². The van der Waals surface area contributed by atoms with E-state index < -0.39 is 7.82 Å². The summed E-state index contributed by atoms with van der Waals surface area (Å²) in [7, 11) is 2.08. The zero-order valence-corrected chi connectivity index (χ0v) is 48.3. The number of Topliss-reactive ketones (excluding diaryl/α,β-unsaturated/α-hetero) is 1. The van der Waals surface area contributed by atoms with E-state index in [0.29, 0.717) is 63.4 Å². The summed E-state index contributed by atoms with van der Waals surface area (Å²) in [6.45, 7) is 7.66. The first kappa shape index (κ1) is 65.2. The fourth-order valence-corrected chi connectivity index (χ4v) is 9.92. The van der Waals surface area contributed by atoms with Crippen LogP contribution < -0.4 is 5.32 Å². The van der Waals surface area contributed by atoms with Crippen molar-refractivity contribution in [2.24, 2.45) is 0 Å². The van der Waals surface area contributed by atoms with Crippen LogP contribution >= 0.6 is 7.82 Å². The molecule has 1 aliphatic rings. The van der Waals surface area contributed by atoms with E-state index in [9.17, 15) is 28.6 Å². The maximum Gasteiger partial charge on any atom is 0.472 e. The SMILES string of the molecule is CC(=O)CN1CCN(CC(=O)Nc2ccc(CCCCCCCCCCCCCCCCCCOP(=O)(O)OCC[N+](C)(C)C)cc2)CCN(CC(=O)OCc2ccccc2)CCN(CC(=O)OCc2ccccc2)CC1. The monoisotopic (exact) mass is 1090 g/mol. The number of aryl methyl sites for hydroxylation is 1. The Labute approximate surface area is 462 Å². The Hall–Kier alpha value is -4.35. The van der Waals surface area contributed by atoms with E-state index in [0.717, 1.165) is 48.9 Å². The molecule has 1 heterocycles. The highest BCUT2D eigenvalue weighted by Crippen LogP contribution is 2.43. The average molecular weight is 1090 g/mol. The van der Waals surface area contributed by atoms with Gasteiger partial charge in [0.15, 0.2) is 0 Å². The van der Waals surface area contributed by atoms with Crippen molar-refractivity contribution in [1.82, 2.24) is 19.6 Å². The Balaban J connectivity index is 1.11. The first-order valence-corrected chi connectivity index (χ1v) is 30.2. The van der Waals surface area contributed by atoms with Gasteiger partial charge in [-0.25, -0.2) is 4.57 Å². The first-order chi connectivity index (χ1) is 37.1. The molecule has 4 rings (SSSR count). The van der Waals surface area contributed by atoms with E-state index in [1.54, 1.807) is 6.92 Å². The van der Waals surface area contributed by atoms with Gasteiger partial charge in [0.25, 0.3) is 0 Å². The molecule has 1 unspecified atom stereocenters. The number of hydrogen-bond donors (Lipinski definition) is 2. The van der Waals surface area contributed by atoms with Crippen LogP contribution in [0.2, 0.25) is 0 Å². The van der Waals surface area contributed by atoms with Crippen molar-refractivity contribution in [3.8, 4) is 0 Å². The number of nitrogens with zero attached hydrogens (tertiary/aromatic N) is 5. The standard InChI is InChI=1S/C60H95N6O10P/c1-53(67)47-62-36-38-63(39-41-65(50-60(70)74-52-56-30-24-20-25-31-56)43-42-64(40-37-62)49-59(69)73-51-55-28-22-19-23-29-55)48-58(68)61-57-34-32-54(33-35-57)27-21-17-15-13-11-9-7-5-6-8-10-12-14-16-18-26-45-75-77(71,72)76-46-44-66(2,3)4/h19-20,22-25,28-35H,5-18,21,26-27,36-52H2,1-4H3,(H-,61,68,71,72)/p+1. The lowest BCUT2D eigenvalue weighted by Crippen LogP contribution is -2.49. The predicted molar refractivity (Wildman–Crippen MR) is 306 cm³/mol. The molecule has 1 aliphatic heterocycles. The number of phosphoric acid groups is 1. The normalized spacial score (nSPS) is 15.5. The summed E-state index contributed by atoms with van der Waals surface area (Å²) in [6.07, 6.45) is 20.4. The molecule has 1 atom stereocenters. The molecule has 1 amide bonds. The molecule has 1 saturated heterocycles. The highest BCUT2D eigenvalue weighted by atomic mass is 31.2. The number of ketones is 1. The summed E-state index contributed by atoms with van der Waals surface area (Å²) in [5.41, 5.74) is 3.83. The van der Waals surface area contributed by atoms with Crippen LogP contribution in [-0.2, 0) is 61.9 Å². The third-order valence-electron chi connectivity index (χ3n) is 13.8. The molecule has 0 spiro atoms. The molecule has 0 bridgehead atoms. The van der Waals surface area contributed by atoms with Crippen molar-refractivity contribution < 1.29 is 51.6 Å². The molecule has 16 nitrogen and oxygen atoms in total. The zero-order chi connectivity index (χ0) is 55.4. The number of rotatable bonds is 37. The van der Waals surface area contributed by atoms with Gasteiger partial charge in [-0.1, -0.05) is 163 Å². The minimum atomic E-state index is -3.95. The number of esters is 2. The number of unbranched alkanes of at least 4 members (excludes halogenated alkanes) is 15. The number of carbonyl (C=O) groups is 4. The number of hydrogen-bond acceptors (Lipinski definition) is 13. The molecule has 2 N–H and O–H groups in total. The van der Waals surface area contributed by atoms with E-state index in [1.165, 1.54) is 82.6 Å². The van der Waals surface area contributed by atoms with Crippen LogP contribution in [0, 0.1) is 0 Å². The molecule has 1 fully saturated rings. The highest BCUT2D eigenvalue weighted by molar-refractivity contribution is 7.47. The Morgan fingerprint density at radius 1 is 0.494 bits per heavy atom. The second-order valence-corrected chi connectivity index (χ2v) is 23.4. The fourth-order valence-electron chi connectivity index (χ4n) is 9.17. The van der Waals surface area contributed by atoms with Crippen LogP contribution in [0.4, 0.5) is 5.69 Å². The number of nitrogens with one attached hydrogen (secondary N) is 1. The van der Waals surface area contributed by atoms with Gasteiger partial charge in [-0.2, -0.15) is 0 Å². The smallest absolute Gasteiger partial charge is 0.460 e. The molecule has 3 aromatic carbocycles. The third kappa shape index (κ3) is 33.0. The average Bonchev–Trinajstić information content (AvgIpc) is 3.39. The first-order valence-electron chi connectivity index (χ1n) is 28.7. The van der Waals surface area contributed by atoms with Crippen molar-refractivity contribution in [2.45, 2.75) is 129 Å². The van der Waals surface area contributed by atoms with E-state index >= 15 is 0 Å². The summed E-state index contributed by atoms with van der Waals surface area (Å²) in [5.74, 6) is -0.776. The largest absolute Gasteiger partial charge is 0.472 e. The number of likely N-dealkylation sites (N-methyl/N-ethyl adjacent to an activating group) is 1. The molecule has 17 heteroatoms. The quantitative estimate of drug-likeness (QED) is 0.0242. The summed E-state index contributed by atoms with van der Waals surface area (Å²) >= 11 is 0. The fraction of sp³-hybridized carbons (Fsp3) is 0.633. The maximum atomic E-state index is 13.6. The number of phosphoric ester groups is 1. The minimum absolute atomic E-state index is 0.0436. The van der Waals surface area contributed by atoms with Crippen LogP contribution in [0.5, 0.6) is 0 Å². The number of ether oxygens (including phenoxy) is 2. The Bertz CT molecular complexity index is 2130. The topological polar surface area (TPSA) is 167 Å². The lowest BCUT2D eigenvalue weighted by atomic mass is 10.0. The molecule has 0 aliphatic carbocycles. The van der Waals surface area contributed by atoms with Crippen LogP contribution in [0.15, 0.2) is 84.9 Å². The maximum absolute atomic E-state index is 13.6. The molecule has 0 saturated carbocycles. The number of anilines is 1. The lowest BCUT2D eigenvalue weighted by molar-refractivity contribution is -0.870. The number of amides is 1.